The summed E-state index contributed by atoms with van der Waals surface area (Å²) >= 11 is 12.2. The fraction of sp³-hybridized carbons (Fsp3) is 0.105. The lowest BCUT2D eigenvalue weighted by Gasteiger charge is -2.12. The summed E-state index contributed by atoms with van der Waals surface area (Å²) in [5.41, 5.74) is 1.14. The molecular formula is C19H13Cl2NO6. The van der Waals surface area contributed by atoms with Crippen molar-refractivity contribution in [3.8, 4) is 5.75 Å². The normalized spacial score (nSPS) is 10.8. The minimum atomic E-state index is -1.67. The standard InChI is InChI=1S/C19H13Cl2NO6/c20-13-3-1-2-11(17(13)21)6-10-4-5-14-12(7-10)18(25)15(28-19(26)27)8-22(14)9-16(23)24/h1-5,7-8H,6,9H2,(H,23,24)(H,26,27). The van der Waals surface area contributed by atoms with Gasteiger partial charge in [-0.3, -0.25) is 9.59 Å². The Labute approximate surface area is 168 Å². The van der Waals surface area contributed by atoms with Crippen LogP contribution in [0.3, 0.4) is 0 Å². The molecule has 0 aliphatic rings. The van der Waals surface area contributed by atoms with Crippen molar-refractivity contribution in [1.82, 2.24) is 4.57 Å². The molecule has 2 N–H and O–H groups in total. The van der Waals surface area contributed by atoms with Crippen LogP contribution in [0.25, 0.3) is 10.9 Å². The molecule has 2 aromatic carbocycles. The highest BCUT2D eigenvalue weighted by Crippen LogP contribution is 2.28. The Balaban J connectivity index is 2.14. The summed E-state index contributed by atoms with van der Waals surface area (Å²) in [6, 6.07) is 10.1. The SMILES string of the molecule is O=C(O)Cn1cc(OC(=O)O)c(=O)c2cc(Cc3cccc(Cl)c3Cl)ccc21. The van der Waals surface area contributed by atoms with Crippen LogP contribution in [-0.4, -0.2) is 26.9 Å². The van der Waals surface area contributed by atoms with Gasteiger partial charge in [-0.05, 0) is 35.7 Å². The van der Waals surface area contributed by atoms with Gasteiger partial charge in [0, 0.05) is 5.39 Å². The maximum Gasteiger partial charge on any atom is 0.511 e. The van der Waals surface area contributed by atoms with Crippen molar-refractivity contribution in [3.05, 3.63) is 74.0 Å². The summed E-state index contributed by atoms with van der Waals surface area (Å²) in [6.07, 6.45) is -0.224. The average molecular weight is 422 g/mol. The van der Waals surface area contributed by atoms with E-state index in [4.69, 9.17) is 33.4 Å². The first-order valence-corrected chi connectivity index (χ1v) is 8.73. The number of hydrogen-bond donors (Lipinski definition) is 2. The number of pyridine rings is 1. The van der Waals surface area contributed by atoms with E-state index in [1.807, 2.05) is 0 Å². The highest BCUT2D eigenvalue weighted by molar-refractivity contribution is 6.42. The number of aliphatic carboxylic acids is 1. The number of ether oxygens (including phenoxy) is 1. The highest BCUT2D eigenvalue weighted by atomic mass is 35.5. The number of carboxylic acid groups (broad SMARTS) is 2. The van der Waals surface area contributed by atoms with Gasteiger partial charge in [-0.15, -0.1) is 0 Å². The molecule has 28 heavy (non-hydrogen) atoms. The van der Waals surface area contributed by atoms with Gasteiger partial charge in [-0.25, -0.2) is 4.79 Å². The molecule has 0 atom stereocenters. The second-order valence-electron chi connectivity index (χ2n) is 5.95. The lowest BCUT2D eigenvalue weighted by molar-refractivity contribution is -0.137. The molecule has 0 bridgehead atoms. The maximum absolute atomic E-state index is 12.6. The third kappa shape index (κ3) is 4.11. The van der Waals surface area contributed by atoms with Crippen LogP contribution in [0.1, 0.15) is 11.1 Å². The Hall–Kier alpha value is -3.03. The van der Waals surface area contributed by atoms with E-state index in [2.05, 4.69) is 4.74 Å². The molecule has 0 amide bonds. The summed E-state index contributed by atoms with van der Waals surface area (Å²) < 4.78 is 5.76. The van der Waals surface area contributed by atoms with E-state index in [0.29, 0.717) is 27.5 Å². The van der Waals surface area contributed by atoms with Crippen LogP contribution in [0.2, 0.25) is 10.0 Å². The number of benzene rings is 2. The lowest BCUT2D eigenvalue weighted by atomic mass is 10.0. The lowest BCUT2D eigenvalue weighted by Crippen LogP contribution is -2.18. The Morgan fingerprint density at radius 3 is 2.54 bits per heavy atom. The van der Waals surface area contributed by atoms with Crippen molar-refractivity contribution in [1.29, 1.82) is 0 Å². The summed E-state index contributed by atoms with van der Waals surface area (Å²) in [7, 11) is 0. The van der Waals surface area contributed by atoms with E-state index in [0.717, 1.165) is 11.8 Å². The number of rotatable bonds is 5. The largest absolute Gasteiger partial charge is 0.511 e. The fourth-order valence-electron chi connectivity index (χ4n) is 2.88. The predicted molar refractivity (Wildman–Crippen MR) is 104 cm³/mol. The van der Waals surface area contributed by atoms with Gasteiger partial charge in [-0.1, -0.05) is 41.4 Å². The zero-order valence-electron chi connectivity index (χ0n) is 14.2. The first-order valence-electron chi connectivity index (χ1n) is 7.98. The van der Waals surface area contributed by atoms with Crippen LogP contribution in [0.5, 0.6) is 5.75 Å². The van der Waals surface area contributed by atoms with Gasteiger partial charge >= 0.3 is 12.1 Å². The molecule has 1 aromatic heterocycles. The van der Waals surface area contributed by atoms with Crippen molar-refractivity contribution in [3.63, 3.8) is 0 Å². The number of carbonyl (C=O) groups is 2. The van der Waals surface area contributed by atoms with Crippen LogP contribution in [0, 0.1) is 0 Å². The number of nitrogens with zero attached hydrogens (tertiary/aromatic N) is 1. The van der Waals surface area contributed by atoms with Gasteiger partial charge in [0.1, 0.15) is 6.54 Å². The molecule has 3 rings (SSSR count). The number of halogens is 2. The molecule has 0 radical (unpaired) electrons. The van der Waals surface area contributed by atoms with Gasteiger partial charge in [0.15, 0.2) is 5.75 Å². The average Bonchev–Trinajstić information content (AvgIpc) is 2.62. The van der Waals surface area contributed by atoms with Gasteiger partial charge in [0.25, 0.3) is 0 Å². The monoisotopic (exact) mass is 421 g/mol. The fourth-order valence-corrected chi connectivity index (χ4v) is 3.26. The molecule has 0 fully saturated rings. The molecule has 144 valence electrons. The maximum atomic E-state index is 12.6. The first-order chi connectivity index (χ1) is 13.3. The highest BCUT2D eigenvalue weighted by Gasteiger charge is 2.15. The van der Waals surface area contributed by atoms with Crippen molar-refractivity contribution in [2.45, 2.75) is 13.0 Å². The van der Waals surface area contributed by atoms with E-state index in [9.17, 15) is 14.4 Å². The molecule has 0 aliphatic heterocycles. The van der Waals surface area contributed by atoms with E-state index in [1.165, 1.54) is 4.57 Å². The van der Waals surface area contributed by atoms with E-state index in [1.54, 1.807) is 36.4 Å². The zero-order chi connectivity index (χ0) is 20.4. The quantitative estimate of drug-likeness (QED) is 0.602. The molecule has 0 saturated carbocycles. The van der Waals surface area contributed by atoms with Crippen molar-refractivity contribution in [2.75, 3.05) is 0 Å². The summed E-state index contributed by atoms with van der Waals surface area (Å²) in [5, 5.41) is 18.9. The molecule has 0 aliphatic carbocycles. The molecule has 0 spiro atoms. The van der Waals surface area contributed by atoms with Crippen LogP contribution in [-0.2, 0) is 17.8 Å². The minimum absolute atomic E-state index is 0.135. The predicted octanol–water partition coefficient (Wildman–Crippen LogP) is 4.04. The van der Waals surface area contributed by atoms with Gasteiger partial charge in [-0.2, -0.15) is 0 Å². The van der Waals surface area contributed by atoms with Crippen LogP contribution in [0.4, 0.5) is 4.79 Å². The van der Waals surface area contributed by atoms with Gasteiger partial charge < -0.3 is 19.5 Å². The Kier molecular flexibility index (Phi) is 5.58. The van der Waals surface area contributed by atoms with Gasteiger partial charge in [0.2, 0.25) is 5.43 Å². The second-order valence-corrected chi connectivity index (χ2v) is 6.74. The third-order valence-corrected chi connectivity index (χ3v) is 4.90. The smallest absolute Gasteiger partial charge is 0.480 e. The summed E-state index contributed by atoms with van der Waals surface area (Å²) in [6.45, 7) is -0.466. The molecule has 0 unspecified atom stereocenters. The van der Waals surface area contributed by atoms with Crippen molar-refractivity contribution in [2.24, 2.45) is 0 Å². The van der Waals surface area contributed by atoms with E-state index in [-0.39, 0.29) is 5.39 Å². The number of aromatic nitrogens is 1. The number of carboxylic acids is 1. The molecule has 0 saturated heterocycles. The zero-order valence-corrected chi connectivity index (χ0v) is 15.7. The Morgan fingerprint density at radius 2 is 1.86 bits per heavy atom. The first kappa shape index (κ1) is 19.7. The van der Waals surface area contributed by atoms with E-state index < -0.39 is 29.8 Å². The molecule has 7 nitrogen and oxygen atoms in total. The number of hydrogen-bond acceptors (Lipinski definition) is 4. The molecule has 9 heteroatoms. The van der Waals surface area contributed by atoms with E-state index >= 15 is 0 Å². The molecular weight excluding hydrogens is 409 g/mol. The van der Waals surface area contributed by atoms with Crippen LogP contribution >= 0.6 is 23.2 Å². The third-order valence-electron chi connectivity index (χ3n) is 4.04. The minimum Gasteiger partial charge on any atom is -0.480 e. The summed E-state index contributed by atoms with van der Waals surface area (Å²) in [5.74, 6) is -1.62. The Bertz CT molecular complexity index is 1160. The summed E-state index contributed by atoms with van der Waals surface area (Å²) in [4.78, 5) is 34.6. The molecule has 1 heterocycles. The van der Waals surface area contributed by atoms with Crippen LogP contribution in [0.15, 0.2) is 47.4 Å². The van der Waals surface area contributed by atoms with Crippen molar-refractivity contribution < 1.29 is 24.5 Å². The molecule has 3 aromatic rings. The second kappa shape index (κ2) is 7.92. The van der Waals surface area contributed by atoms with Gasteiger partial charge in [0.05, 0.1) is 21.8 Å². The topological polar surface area (TPSA) is 106 Å². The van der Waals surface area contributed by atoms with Crippen molar-refractivity contribution >= 4 is 46.2 Å². The van der Waals surface area contributed by atoms with Crippen LogP contribution < -0.4 is 10.2 Å². The number of fused-ring (bicyclic) bond motifs is 1. The Morgan fingerprint density at radius 1 is 1.11 bits per heavy atom.